The number of aliphatic carboxylic acids is 1. The Labute approximate surface area is 149 Å². The summed E-state index contributed by atoms with van der Waals surface area (Å²) >= 11 is 5.97. The molecule has 0 bridgehead atoms. The van der Waals surface area contributed by atoms with Crippen LogP contribution in [0, 0.1) is 13.8 Å². The molecule has 1 atom stereocenters. The topological polar surface area (TPSA) is 89.3 Å². The highest BCUT2D eigenvalue weighted by molar-refractivity contribution is 6.30. The van der Waals surface area contributed by atoms with E-state index in [-0.39, 0.29) is 24.4 Å². The lowest BCUT2D eigenvalue weighted by atomic mass is 9.72. The van der Waals surface area contributed by atoms with Crippen molar-refractivity contribution >= 4 is 29.1 Å². The number of rotatable bonds is 4. The third-order valence-electron chi connectivity index (χ3n) is 4.58. The zero-order chi connectivity index (χ0) is 18.4. The summed E-state index contributed by atoms with van der Waals surface area (Å²) in [6, 6.07) is 3.70. The molecular formula is C18H17ClN2O4. The van der Waals surface area contributed by atoms with E-state index in [1.165, 1.54) is 10.9 Å². The van der Waals surface area contributed by atoms with Crippen molar-refractivity contribution in [2.24, 2.45) is 0 Å². The fourth-order valence-corrected chi connectivity index (χ4v) is 3.90. The van der Waals surface area contributed by atoms with Crippen molar-refractivity contribution in [1.29, 1.82) is 0 Å². The first-order valence-electron chi connectivity index (χ1n) is 7.82. The van der Waals surface area contributed by atoms with E-state index >= 15 is 0 Å². The van der Waals surface area contributed by atoms with Crippen molar-refractivity contribution in [3.8, 4) is 5.69 Å². The van der Waals surface area contributed by atoms with Gasteiger partial charge in [-0.1, -0.05) is 17.7 Å². The second-order valence-electron chi connectivity index (χ2n) is 6.55. The molecule has 1 heterocycles. The fraction of sp³-hybridized carbons (Fsp3) is 0.333. The van der Waals surface area contributed by atoms with Crippen molar-refractivity contribution < 1.29 is 19.5 Å². The van der Waals surface area contributed by atoms with E-state index in [9.17, 15) is 19.5 Å². The lowest BCUT2D eigenvalue weighted by Crippen LogP contribution is -2.36. The molecule has 0 aliphatic heterocycles. The average molecular weight is 361 g/mol. The van der Waals surface area contributed by atoms with Gasteiger partial charge in [0.05, 0.1) is 35.2 Å². The second kappa shape index (κ2) is 6.11. The summed E-state index contributed by atoms with van der Waals surface area (Å²) in [4.78, 5) is 36.2. The Morgan fingerprint density at radius 1 is 1.36 bits per heavy atom. The molecule has 0 spiro atoms. The lowest BCUT2D eigenvalue weighted by Gasteiger charge is -2.30. The Kier molecular flexibility index (Phi) is 4.24. The van der Waals surface area contributed by atoms with Gasteiger partial charge in [-0.3, -0.25) is 14.4 Å². The van der Waals surface area contributed by atoms with Crippen LogP contribution < -0.4 is 0 Å². The molecule has 1 unspecified atom stereocenters. The van der Waals surface area contributed by atoms with Crippen LogP contribution in [0.15, 0.2) is 24.5 Å². The van der Waals surface area contributed by atoms with Gasteiger partial charge in [0.1, 0.15) is 5.78 Å². The number of carboxylic acid groups (broad SMARTS) is 1. The van der Waals surface area contributed by atoms with Crippen LogP contribution in [0.3, 0.4) is 0 Å². The molecule has 1 N–H and O–H groups in total. The van der Waals surface area contributed by atoms with Crippen LogP contribution in [-0.4, -0.2) is 32.4 Å². The maximum atomic E-state index is 12.7. The van der Waals surface area contributed by atoms with Crippen LogP contribution in [0.1, 0.15) is 36.0 Å². The number of hydrogen-bond acceptors (Lipinski definition) is 4. The van der Waals surface area contributed by atoms with Gasteiger partial charge in [-0.05, 0) is 36.6 Å². The number of carbonyl (C=O) groups is 3. The molecule has 6 nitrogen and oxygen atoms in total. The van der Waals surface area contributed by atoms with Gasteiger partial charge >= 0.3 is 5.97 Å². The number of halogens is 1. The predicted molar refractivity (Wildman–Crippen MR) is 91.2 cm³/mol. The quantitative estimate of drug-likeness (QED) is 0.847. The first kappa shape index (κ1) is 17.4. The van der Waals surface area contributed by atoms with Gasteiger partial charge in [-0.25, -0.2) is 4.68 Å². The number of Topliss-reactive ketones (excluding diaryl/α,β-unsaturated/α-hetero) is 2. The van der Waals surface area contributed by atoms with Crippen LogP contribution in [0.4, 0.5) is 0 Å². The van der Waals surface area contributed by atoms with Gasteiger partial charge in [0.15, 0.2) is 5.78 Å². The van der Waals surface area contributed by atoms with E-state index in [0.717, 1.165) is 11.1 Å². The summed E-state index contributed by atoms with van der Waals surface area (Å²) in [5.74, 6) is -1.71. The molecule has 1 aliphatic rings. The molecule has 25 heavy (non-hydrogen) atoms. The van der Waals surface area contributed by atoms with Crippen molar-refractivity contribution in [3.05, 3.63) is 46.2 Å². The Bertz CT molecular complexity index is 902. The number of carbonyl (C=O) groups excluding carboxylic acids is 2. The molecule has 130 valence electrons. The Hall–Kier alpha value is -2.47. The summed E-state index contributed by atoms with van der Waals surface area (Å²) in [5.41, 5.74) is 1.44. The van der Waals surface area contributed by atoms with Gasteiger partial charge in [-0.2, -0.15) is 5.10 Å². The third kappa shape index (κ3) is 2.98. The number of ketones is 2. The smallest absolute Gasteiger partial charge is 0.304 e. The molecule has 1 aromatic heterocycles. The second-order valence-corrected chi connectivity index (χ2v) is 6.98. The number of carboxylic acids is 1. The highest BCUT2D eigenvalue weighted by Gasteiger charge is 2.51. The number of benzene rings is 1. The molecule has 0 amide bonds. The molecule has 0 radical (unpaired) electrons. The van der Waals surface area contributed by atoms with E-state index in [1.807, 2.05) is 26.0 Å². The normalized spacial score (nSPS) is 20.3. The fourth-order valence-electron chi connectivity index (χ4n) is 3.76. The van der Waals surface area contributed by atoms with E-state index in [0.29, 0.717) is 16.3 Å². The zero-order valence-corrected chi connectivity index (χ0v) is 14.6. The van der Waals surface area contributed by atoms with Crippen LogP contribution >= 0.6 is 11.6 Å². The first-order valence-corrected chi connectivity index (χ1v) is 8.20. The van der Waals surface area contributed by atoms with Gasteiger partial charge in [0.25, 0.3) is 0 Å². The minimum Gasteiger partial charge on any atom is -0.481 e. The van der Waals surface area contributed by atoms with Crippen LogP contribution in [0.25, 0.3) is 5.69 Å². The zero-order valence-electron chi connectivity index (χ0n) is 13.9. The lowest BCUT2D eigenvalue weighted by molar-refractivity contribution is -0.141. The highest BCUT2D eigenvalue weighted by Crippen LogP contribution is 2.44. The summed E-state index contributed by atoms with van der Waals surface area (Å²) in [5, 5.41) is 14.0. The molecule has 0 saturated heterocycles. The number of aromatic nitrogens is 2. The molecule has 3 rings (SSSR count). The summed E-state index contributed by atoms with van der Waals surface area (Å²) < 4.78 is 1.53. The Morgan fingerprint density at radius 2 is 2.08 bits per heavy atom. The van der Waals surface area contributed by atoms with Crippen LogP contribution in [0.5, 0.6) is 0 Å². The molecule has 1 saturated carbocycles. The van der Waals surface area contributed by atoms with Crippen molar-refractivity contribution in [3.63, 3.8) is 0 Å². The van der Waals surface area contributed by atoms with E-state index < -0.39 is 17.8 Å². The van der Waals surface area contributed by atoms with E-state index in [4.69, 9.17) is 11.6 Å². The van der Waals surface area contributed by atoms with Gasteiger partial charge in [0, 0.05) is 12.6 Å². The van der Waals surface area contributed by atoms with Crippen LogP contribution in [0.2, 0.25) is 5.02 Å². The molecular weight excluding hydrogens is 344 g/mol. The maximum Gasteiger partial charge on any atom is 0.304 e. The molecule has 1 fully saturated rings. The first-order chi connectivity index (χ1) is 11.7. The Morgan fingerprint density at radius 3 is 2.60 bits per heavy atom. The largest absolute Gasteiger partial charge is 0.481 e. The standard InChI is InChI=1S/C18H17ClN2O4/c1-10-3-11(2)17(14(4-10)21-9-12(19)8-20-21)18(7-16(24)25)6-13(22)5-15(18)23/h3-4,8-9H,5-7H2,1-2H3,(H,24,25). The predicted octanol–water partition coefficient (Wildman–Crippen LogP) is 2.79. The SMILES string of the molecule is Cc1cc(C)c(C2(CC(=O)O)CC(=O)CC2=O)c(-n2cc(Cl)cn2)c1. The minimum absolute atomic E-state index is 0.107. The number of nitrogens with zero attached hydrogens (tertiary/aromatic N) is 2. The Balaban J connectivity index is 2.32. The summed E-state index contributed by atoms with van der Waals surface area (Å²) in [7, 11) is 0. The van der Waals surface area contributed by atoms with Crippen molar-refractivity contribution in [2.75, 3.05) is 0 Å². The summed E-state index contributed by atoms with van der Waals surface area (Å²) in [6.07, 6.45) is 2.29. The van der Waals surface area contributed by atoms with Crippen molar-refractivity contribution in [2.45, 2.75) is 38.5 Å². The van der Waals surface area contributed by atoms with E-state index in [2.05, 4.69) is 5.10 Å². The van der Waals surface area contributed by atoms with Crippen molar-refractivity contribution in [1.82, 2.24) is 9.78 Å². The summed E-state index contributed by atoms with van der Waals surface area (Å²) in [6.45, 7) is 3.72. The number of aryl methyl sites for hydroxylation is 2. The van der Waals surface area contributed by atoms with Gasteiger partial charge in [0.2, 0.25) is 0 Å². The molecule has 7 heteroatoms. The van der Waals surface area contributed by atoms with Gasteiger partial charge < -0.3 is 5.11 Å². The van der Waals surface area contributed by atoms with Gasteiger partial charge in [-0.15, -0.1) is 0 Å². The molecule has 2 aromatic rings. The van der Waals surface area contributed by atoms with Crippen LogP contribution in [-0.2, 0) is 19.8 Å². The minimum atomic E-state index is -1.37. The molecule has 1 aromatic carbocycles. The monoisotopic (exact) mass is 360 g/mol. The highest BCUT2D eigenvalue weighted by atomic mass is 35.5. The maximum absolute atomic E-state index is 12.7. The average Bonchev–Trinajstić information content (AvgIpc) is 3.01. The van der Waals surface area contributed by atoms with E-state index in [1.54, 1.807) is 6.20 Å². The third-order valence-corrected chi connectivity index (χ3v) is 4.77. The molecule has 1 aliphatic carbocycles. The number of hydrogen-bond donors (Lipinski definition) is 1.